The first-order valence-corrected chi connectivity index (χ1v) is 6.19. The Kier molecular flexibility index (Phi) is 3.32. The number of carbonyl (C=O) groups excluding carboxylic acids is 1. The molecule has 8 nitrogen and oxygen atoms in total. The van der Waals surface area contributed by atoms with Crippen LogP contribution in [0.15, 0.2) is 18.2 Å². The number of nitro groups is 1. The number of nitro benzene ring substituents is 1. The van der Waals surface area contributed by atoms with Crippen molar-refractivity contribution in [1.29, 1.82) is 0 Å². The summed E-state index contributed by atoms with van der Waals surface area (Å²) in [7, 11) is 0. The number of ether oxygens (including phenoxy) is 1. The number of hydrogen-bond acceptors (Lipinski definition) is 5. The Balaban J connectivity index is 2.63. The van der Waals surface area contributed by atoms with Gasteiger partial charge in [-0.1, -0.05) is 0 Å². The second-order valence-corrected chi connectivity index (χ2v) is 5.21. The molecular formula is C13H14N2O6. The van der Waals surface area contributed by atoms with Crippen molar-refractivity contribution >= 4 is 23.3 Å². The van der Waals surface area contributed by atoms with E-state index in [0.29, 0.717) is 0 Å². The first kappa shape index (κ1) is 14.8. The zero-order chi connectivity index (χ0) is 15.9. The fraction of sp³-hybridized carbons (Fsp3) is 0.385. The van der Waals surface area contributed by atoms with Crippen LogP contribution in [0.3, 0.4) is 0 Å². The molecule has 1 aromatic carbocycles. The molecule has 112 valence electrons. The van der Waals surface area contributed by atoms with Gasteiger partial charge in [0.2, 0.25) is 0 Å². The zero-order valence-corrected chi connectivity index (χ0v) is 11.7. The van der Waals surface area contributed by atoms with Crippen molar-refractivity contribution in [3.05, 3.63) is 28.3 Å². The molecule has 0 saturated carbocycles. The van der Waals surface area contributed by atoms with Crippen LogP contribution in [0.5, 0.6) is 5.75 Å². The molecule has 21 heavy (non-hydrogen) atoms. The van der Waals surface area contributed by atoms with Crippen molar-refractivity contribution in [3.8, 4) is 5.75 Å². The number of amides is 1. The van der Waals surface area contributed by atoms with Gasteiger partial charge < -0.3 is 9.84 Å². The van der Waals surface area contributed by atoms with Crippen LogP contribution in [0.1, 0.15) is 20.8 Å². The first-order valence-electron chi connectivity index (χ1n) is 6.19. The number of carboxylic acid groups (broad SMARTS) is 1. The van der Waals surface area contributed by atoms with Gasteiger partial charge in [0.05, 0.1) is 10.6 Å². The van der Waals surface area contributed by atoms with Gasteiger partial charge in [0, 0.05) is 12.1 Å². The topological polar surface area (TPSA) is 110 Å². The van der Waals surface area contributed by atoms with E-state index in [1.807, 2.05) is 0 Å². The molecule has 1 N–H and O–H groups in total. The lowest BCUT2D eigenvalue weighted by molar-refractivity contribution is -0.384. The van der Waals surface area contributed by atoms with E-state index in [0.717, 1.165) is 11.0 Å². The number of non-ortho nitro benzene ring substituents is 1. The van der Waals surface area contributed by atoms with Crippen molar-refractivity contribution in [1.82, 2.24) is 0 Å². The summed E-state index contributed by atoms with van der Waals surface area (Å²) in [6, 6.07) is 2.58. The highest BCUT2D eigenvalue weighted by molar-refractivity contribution is 6.06. The predicted molar refractivity (Wildman–Crippen MR) is 72.4 cm³/mol. The smallest absolute Gasteiger partial charge is 0.326 e. The lowest BCUT2D eigenvalue weighted by atomic mass is 10.0. The molecule has 1 aliphatic heterocycles. The van der Waals surface area contributed by atoms with Gasteiger partial charge in [-0.2, -0.15) is 0 Å². The second-order valence-electron chi connectivity index (χ2n) is 5.21. The lowest BCUT2D eigenvalue weighted by Crippen LogP contribution is -2.57. The van der Waals surface area contributed by atoms with Crippen LogP contribution in [0.25, 0.3) is 0 Å². The molecule has 1 aromatic rings. The van der Waals surface area contributed by atoms with E-state index < -0.39 is 28.4 Å². The molecule has 1 atom stereocenters. The molecule has 8 heteroatoms. The minimum atomic E-state index is -1.24. The van der Waals surface area contributed by atoms with E-state index in [1.54, 1.807) is 0 Å². The van der Waals surface area contributed by atoms with Crippen molar-refractivity contribution in [2.45, 2.75) is 32.4 Å². The summed E-state index contributed by atoms with van der Waals surface area (Å²) in [5.41, 5.74) is -1.40. The maximum Gasteiger partial charge on any atom is 0.326 e. The van der Waals surface area contributed by atoms with Gasteiger partial charge in [0.1, 0.15) is 11.8 Å². The lowest BCUT2D eigenvalue weighted by Gasteiger charge is -2.40. The summed E-state index contributed by atoms with van der Waals surface area (Å²) in [5, 5.41) is 20.0. The molecule has 0 aromatic heterocycles. The van der Waals surface area contributed by atoms with Gasteiger partial charge >= 0.3 is 5.97 Å². The van der Waals surface area contributed by atoms with Crippen molar-refractivity contribution in [2.24, 2.45) is 0 Å². The van der Waals surface area contributed by atoms with E-state index >= 15 is 0 Å². The van der Waals surface area contributed by atoms with E-state index in [2.05, 4.69) is 0 Å². The standard InChI is InChI=1S/C13H14N2O6/c1-7(11(16)17)14-9-6-8(15(19)20)4-5-10(9)21-13(2,3)12(14)18/h4-7H,1-3H3,(H,16,17). The fourth-order valence-electron chi connectivity index (χ4n) is 2.11. The van der Waals surface area contributed by atoms with Crippen LogP contribution >= 0.6 is 0 Å². The molecule has 0 fully saturated rings. The number of anilines is 1. The third-order valence-corrected chi connectivity index (χ3v) is 3.26. The molecule has 1 amide bonds. The molecular weight excluding hydrogens is 280 g/mol. The highest BCUT2D eigenvalue weighted by atomic mass is 16.6. The number of nitrogens with zero attached hydrogens (tertiary/aromatic N) is 2. The summed E-state index contributed by atoms with van der Waals surface area (Å²) < 4.78 is 5.52. The number of carbonyl (C=O) groups is 2. The van der Waals surface area contributed by atoms with Crippen molar-refractivity contribution < 1.29 is 24.4 Å². The van der Waals surface area contributed by atoms with E-state index in [1.165, 1.54) is 32.9 Å². The van der Waals surface area contributed by atoms with Crippen molar-refractivity contribution in [2.75, 3.05) is 4.90 Å². The van der Waals surface area contributed by atoms with E-state index in [4.69, 9.17) is 9.84 Å². The summed E-state index contributed by atoms with van der Waals surface area (Å²) in [6.07, 6.45) is 0. The minimum absolute atomic E-state index is 0.0865. The largest absolute Gasteiger partial charge is 0.480 e. The SMILES string of the molecule is CC(C(=O)O)N1C(=O)C(C)(C)Oc2ccc([N+](=O)[O-])cc21. The zero-order valence-electron chi connectivity index (χ0n) is 11.7. The molecule has 0 aliphatic carbocycles. The number of hydrogen-bond donors (Lipinski definition) is 1. The molecule has 0 radical (unpaired) electrons. The molecule has 1 heterocycles. The Labute approximate surface area is 120 Å². The normalized spacial score (nSPS) is 17.7. The third kappa shape index (κ3) is 2.39. The summed E-state index contributed by atoms with van der Waals surface area (Å²) in [6.45, 7) is 4.37. The Morgan fingerprint density at radius 1 is 1.48 bits per heavy atom. The van der Waals surface area contributed by atoms with Gasteiger partial charge in [-0.05, 0) is 26.8 Å². The van der Waals surface area contributed by atoms with Gasteiger partial charge in [-0.3, -0.25) is 19.8 Å². The third-order valence-electron chi connectivity index (χ3n) is 3.26. The van der Waals surface area contributed by atoms with Crippen LogP contribution in [0.4, 0.5) is 11.4 Å². The summed E-state index contributed by atoms with van der Waals surface area (Å²) >= 11 is 0. The average Bonchev–Trinajstić information content (AvgIpc) is 2.38. The average molecular weight is 294 g/mol. The summed E-state index contributed by atoms with van der Waals surface area (Å²) in [5.74, 6) is -1.54. The fourth-order valence-corrected chi connectivity index (χ4v) is 2.11. The highest BCUT2D eigenvalue weighted by Gasteiger charge is 2.44. The van der Waals surface area contributed by atoms with Gasteiger partial charge in [0.15, 0.2) is 5.60 Å². The predicted octanol–water partition coefficient (Wildman–Crippen LogP) is 1.57. The monoisotopic (exact) mass is 294 g/mol. The maximum atomic E-state index is 12.4. The van der Waals surface area contributed by atoms with Crippen LogP contribution in [-0.2, 0) is 9.59 Å². The first-order chi connectivity index (χ1) is 9.65. The minimum Gasteiger partial charge on any atom is -0.480 e. The van der Waals surface area contributed by atoms with E-state index in [9.17, 15) is 19.7 Å². The second kappa shape index (κ2) is 4.72. The summed E-state index contributed by atoms with van der Waals surface area (Å²) in [4.78, 5) is 34.9. The van der Waals surface area contributed by atoms with Crippen molar-refractivity contribution in [3.63, 3.8) is 0 Å². The molecule has 1 unspecified atom stereocenters. The molecule has 0 bridgehead atoms. The molecule has 1 aliphatic rings. The van der Waals surface area contributed by atoms with Crippen LogP contribution in [-0.4, -0.2) is 33.5 Å². The maximum absolute atomic E-state index is 12.4. The Morgan fingerprint density at radius 3 is 2.62 bits per heavy atom. The van der Waals surface area contributed by atoms with Crippen LogP contribution < -0.4 is 9.64 Å². The quantitative estimate of drug-likeness (QED) is 0.669. The Bertz CT molecular complexity index is 640. The number of benzene rings is 1. The van der Waals surface area contributed by atoms with Crippen LogP contribution in [0, 0.1) is 10.1 Å². The number of carboxylic acids is 1. The molecule has 0 saturated heterocycles. The number of fused-ring (bicyclic) bond motifs is 1. The molecule has 0 spiro atoms. The van der Waals surface area contributed by atoms with E-state index in [-0.39, 0.29) is 17.1 Å². The number of aliphatic carboxylic acids is 1. The van der Waals surface area contributed by atoms with Crippen LogP contribution in [0.2, 0.25) is 0 Å². The Morgan fingerprint density at radius 2 is 2.10 bits per heavy atom. The van der Waals surface area contributed by atoms with Gasteiger partial charge in [-0.25, -0.2) is 4.79 Å². The van der Waals surface area contributed by atoms with Gasteiger partial charge in [0.25, 0.3) is 11.6 Å². The Hall–Kier alpha value is -2.64. The molecule has 2 rings (SSSR count). The number of rotatable bonds is 3. The van der Waals surface area contributed by atoms with Gasteiger partial charge in [-0.15, -0.1) is 0 Å². The highest BCUT2D eigenvalue weighted by Crippen LogP contribution is 2.40.